The van der Waals surface area contributed by atoms with Gasteiger partial charge in [0.25, 0.3) is 0 Å². The van der Waals surface area contributed by atoms with Crippen LogP contribution >= 0.6 is 0 Å². The molecule has 82 valence electrons. The predicted octanol–water partition coefficient (Wildman–Crippen LogP) is 1.57. The van der Waals surface area contributed by atoms with E-state index in [9.17, 15) is 0 Å². The first kappa shape index (κ1) is 10.6. The van der Waals surface area contributed by atoms with E-state index < -0.39 is 0 Å². The Balaban J connectivity index is 2.23. The molecule has 1 aliphatic rings. The number of rotatable bonds is 2. The summed E-state index contributed by atoms with van der Waals surface area (Å²) in [5.41, 5.74) is 7.52. The fraction of sp³-hybridized carbons (Fsp3) is 0.583. The topological polar surface area (TPSA) is 42.1 Å². The minimum Gasteiger partial charge on any atom is -0.326 e. The molecule has 2 atom stereocenters. The van der Waals surface area contributed by atoms with Gasteiger partial charge in [0.15, 0.2) is 0 Å². The maximum Gasteiger partial charge on any atom is 0.0500 e. The van der Waals surface area contributed by atoms with Gasteiger partial charge in [0, 0.05) is 24.5 Å². The molecule has 2 unspecified atom stereocenters. The molecule has 0 bridgehead atoms. The third kappa shape index (κ3) is 2.19. The van der Waals surface area contributed by atoms with Gasteiger partial charge in [-0.3, -0.25) is 9.88 Å². The highest BCUT2D eigenvalue weighted by Gasteiger charge is 2.28. The van der Waals surface area contributed by atoms with Crippen LogP contribution in [-0.4, -0.2) is 29.0 Å². The van der Waals surface area contributed by atoms with Gasteiger partial charge in [0.2, 0.25) is 0 Å². The number of pyridine rings is 1. The lowest BCUT2D eigenvalue weighted by Gasteiger charge is -2.39. The zero-order valence-corrected chi connectivity index (χ0v) is 9.26. The van der Waals surface area contributed by atoms with Gasteiger partial charge >= 0.3 is 0 Å². The molecule has 1 aromatic heterocycles. The van der Waals surface area contributed by atoms with Crippen molar-refractivity contribution in [2.45, 2.75) is 31.8 Å². The molecule has 3 nitrogen and oxygen atoms in total. The summed E-state index contributed by atoms with van der Waals surface area (Å²) in [6.07, 6.45) is 6.05. The van der Waals surface area contributed by atoms with Crippen molar-refractivity contribution < 1.29 is 0 Å². The lowest BCUT2D eigenvalue weighted by atomic mass is 9.91. The Morgan fingerprint density at radius 1 is 1.47 bits per heavy atom. The number of nitrogens with zero attached hydrogens (tertiary/aromatic N) is 2. The number of nitrogens with two attached hydrogens (primary N) is 1. The summed E-state index contributed by atoms with van der Waals surface area (Å²) in [6.45, 7) is 4.43. The number of likely N-dealkylation sites (N-methyl/N-ethyl adjacent to an activating group) is 1. The molecule has 3 heteroatoms. The van der Waals surface area contributed by atoms with Gasteiger partial charge in [0.05, 0.1) is 0 Å². The highest BCUT2D eigenvalue weighted by molar-refractivity contribution is 5.18. The van der Waals surface area contributed by atoms with Crippen molar-refractivity contribution in [2.75, 3.05) is 13.1 Å². The normalized spacial score (nSPS) is 27.9. The summed E-state index contributed by atoms with van der Waals surface area (Å²) in [7, 11) is 0. The molecular formula is C12H19N3. The van der Waals surface area contributed by atoms with Crippen LogP contribution in [0.1, 0.15) is 31.4 Å². The Morgan fingerprint density at radius 3 is 2.87 bits per heavy atom. The van der Waals surface area contributed by atoms with Gasteiger partial charge in [-0.2, -0.15) is 0 Å². The summed E-state index contributed by atoms with van der Waals surface area (Å²) in [5.74, 6) is 0. The van der Waals surface area contributed by atoms with E-state index in [0.717, 1.165) is 19.5 Å². The smallest absolute Gasteiger partial charge is 0.0500 e. The van der Waals surface area contributed by atoms with Crippen molar-refractivity contribution in [1.82, 2.24) is 9.88 Å². The van der Waals surface area contributed by atoms with Gasteiger partial charge < -0.3 is 5.73 Å². The van der Waals surface area contributed by atoms with E-state index in [1.54, 1.807) is 0 Å². The second kappa shape index (κ2) is 4.73. The van der Waals surface area contributed by atoms with Crippen LogP contribution in [0.5, 0.6) is 0 Å². The van der Waals surface area contributed by atoms with E-state index in [-0.39, 0.29) is 6.04 Å². The van der Waals surface area contributed by atoms with Crippen molar-refractivity contribution >= 4 is 0 Å². The standard InChI is InChI=1S/C12H19N3/c1-2-15-9-3-4-11(13)12(15)10-5-7-14-8-6-10/h5-8,11-12H,2-4,9,13H2,1H3. The van der Waals surface area contributed by atoms with E-state index in [2.05, 4.69) is 28.9 Å². The average molecular weight is 205 g/mol. The van der Waals surface area contributed by atoms with E-state index in [0.29, 0.717) is 6.04 Å². The van der Waals surface area contributed by atoms with Gasteiger partial charge in [-0.15, -0.1) is 0 Å². The van der Waals surface area contributed by atoms with Gasteiger partial charge in [0.1, 0.15) is 0 Å². The molecule has 1 aliphatic heterocycles. The van der Waals surface area contributed by atoms with Crippen LogP contribution in [0.3, 0.4) is 0 Å². The summed E-state index contributed by atoms with van der Waals surface area (Å²) >= 11 is 0. The molecule has 2 N–H and O–H groups in total. The molecule has 0 radical (unpaired) electrons. The van der Waals surface area contributed by atoms with Crippen LogP contribution in [0, 0.1) is 0 Å². The van der Waals surface area contributed by atoms with E-state index >= 15 is 0 Å². The van der Waals surface area contributed by atoms with E-state index in [1.165, 1.54) is 12.0 Å². The van der Waals surface area contributed by atoms with Crippen molar-refractivity contribution in [3.05, 3.63) is 30.1 Å². The molecule has 0 aromatic carbocycles. The molecule has 0 saturated carbocycles. The van der Waals surface area contributed by atoms with Crippen LogP contribution in [0.2, 0.25) is 0 Å². The summed E-state index contributed by atoms with van der Waals surface area (Å²) in [5, 5.41) is 0. The second-order valence-corrected chi connectivity index (χ2v) is 4.16. The lowest BCUT2D eigenvalue weighted by Crippen LogP contribution is -2.45. The highest BCUT2D eigenvalue weighted by Crippen LogP contribution is 2.29. The Kier molecular flexibility index (Phi) is 3.34. The Hall–Kier alpha value is -0.930. The maximum atomic E-state index is 6.21. The molecule has 1 saturated heterocycles. The van der Waals surface area contributed by atoms with Crippen LogP contribution in [0.4, 0.5) is 0 Å². The Bertz CT molecular complexity index is 299. The SMILES string of the molecule is CCN1CCCC(N)C1c1ccncc1. The summed E-state index contributed by atoms with van der Waals surface area (Å²) in [6, 6.07) is 4.81. The zero-order chi connectivity index (χ0) is 10.7. The number of hydrogen-bond acceptors (Lipinski definition) is 3. The number of likely N-dealkylation sites (tertiary alicyclic amines) is 1. The van der Waals surface area contributed by atoms with Gasteiger partial charge in [-0.1, -0.05) is 6.92 Å². The van der Waals surface area contributed by atoms with Crippen LogP contribution in [-0.2, 0) is 0 Å². The molecule has 2 heterocycles. The third-order valence-corrected chi connectivity index (χ3v) is 3.24. The third-order valence-electron chi connectivity index (χ3n) is 3.24. The van der Waals surface area contributed by atoms with Gasteiger partial charge in [-0.05, 0) is 43.6 Å². The quantitative estimate of drug-likeness (QED) is 0.797. The molecule has 2 rings (SSSR count). The zero-order valence-electron chi connectivity index (χ0n) is 9.26. The number of aromatic nitrogens is 1. The molecule has 1 fully saturated rings. The first-order chi connectivity index (χ1) is 7.33. The van der Waals surface area contributed by atoms with E-state index in [1.807, 2.05) is 12.4 Å². The van der Waals surface area contributed by atoms with Crippen LogP contribution in [0.25, 0.3) is 0 Å². The number of hydrogen-bond donors (Lipinski definition) is 1. The molecular weight excluding hydrogens is 186 g/mol. The first-order valence-electron chi connectivity index (χ1n) is 5.72. The molecule has 0 aliphatic carbocycles. The fourth-order valence-corrected chi connectivity index (χ4v) is 2.47. The van der Waals surface area contributed by atoms with Gasteiger partial charge in [-0.25, -0.2) is 0 Å². The number of piperidine rings is 1. The van der Waals surface area contributed by atoms with E-state index in [4.69, 9.17) is 5.73 Å². The highest BCUT2D eigenvalue weighted by atomic mass is 15.2. The minimum atomic E-state index is 0.265. The van der Waals surface area contributed by atoms with Crippen molar-refractivity contribution in [3.8, 4) is 0 Å². The first-order valence-corrected chi connectivity index (χ1v) is 5.72. The average Bonchev–Trinajstić information content (AvgIpc) is 2.29. The molecule has 1 aromatic rings. The summed E-state index contributed by atoms with van der Waals surface area (Å²) in [4.78, 5) is 6.52. The summed E-state index contributed by atoms with van der Waals surface area (Å²) < 4.78 is 0. The second-order valence-electron chi connectivity index (χ2n) is 4.16. The Labute approximate surface area is 91.3 Å². The predicted molar refractivity (Wildman–Crippen MR) is 61.4 cm³/mol. The molecule has 0 amide bonds. The van der Waals surface area contributed by atoms with Crippen LogP contribution < -0.4 is 5.73 Å². The largest absolute Gasteiger partial charge is 0.326 e. The monoisotopic (exact) mass is 205 g/mol. The lowest BCUT2D eigenvalue weighted by molar-refractivity contribution is 0.136. The van der Waals surface area contributed by atoms with Crippen molar-refractivity contribution in [1.29, 1.82) is 0 Å². The molecule has 15 heavy (non-hydrogen) atoms. The minimum absolute atomic E-state index is 0.265. The molecule has 0 spiro atoms. The fourth-order valence-electron chi connectivity index (χ4n) is 2.47. The van der Waals surface area contributed by atoms with Crippen molar-refractivity contribution in [2.24, 2.45) is 5.73 Å². The van der Waals surface area contributed by atoms with Crippen LogP contribution in [0.15, 0.2) is 24.5 Å². The maximum absolute atomic E-state index is 6.21. The Morgan fingerprint density at radius 2 is 2.20 bits per heavy atom. The van der Waals surface area contributed by atoms with Crippen molar-refractivity contribution in [3.63, 3.8) is 0 Å².